The Bertz CT molecular complexity index is 544. The monoisotopic (exact) mass is 314 g/mol. The molecule has 0 aliphatic heterocycles. The van der Waals surface area contributed by atoms with E-state index in [2.05, 4.69) is 12.2 Å². The number of hydrogen-bond acceptors (Lipinski definition) is 4. The van der Waals surface area contributed by atoms with Crippen molar-refractivity contribution in [2.75, 3.05) is 27.7 Å². The topological polar surface area (TPSA) is 58.6 Å². The van der Waals surface area contributed by atoms with E-state index in [0.29, 0.717) is 23.7 Å². The summed E-state index contributed by atoms with van der Waals surface area (Å²) in [7, 11) is 1.60. The number of nitrogens with one attached hydrogen (secondary N) is 1. The van der Waals surface area contributed by atoms with Gasteiger partial charge in [0.05, 0.1) is 12.0 Å². The van der Waals surface area contributed by atoms with E-state index in [1.54, 1.807) is 32.4 Å². The second kappa shape index (κ2) is 8.36. The maximum atomic E-state index is 12.5. The first-order valence-electron chi connectivity index (χ1n) is 7.25. The molecule has 0 aromatic heterocycles. The molecule has 0 bridgehead atoms. The Kier molecular flexibility index (Phi) is 7.14. The molecule has 0 saturated carbocycles. The van der Waals surface area contributed by atoms with Crippen LogP contribution >= 0.6 is 0 Å². The van der Waals surface area contributed by atoms with E-state index >= 15 is 0 Å². The molecule has 0 spiro atoms. The van der Waals surface area contributed by atoms with Gasteiger partial charge in [0.15, 0.2) is 0 Å². The minimum atomic E-state index is -3.44. The van der Waals surface area contributed by atoms with Crippen molar-refractivity contribution in [3.05, 3.63) is 23.8 Å². The van der Waals surface area contributed by atoms with Crippen molar-refractivity contribution in [2.24, 2.45) is 0 Å². The molecule has 1 aromatic carbocycles. The summed E-state index contributed by atoms with van der Waals surface area (Å²) in [6, 6.07) is 4.99. The van der Waals surface area contributed by atoms with E-state index in [9.17, 15) is 8.42 Å². The quantitative estimate of drug-likeness (QED) is 0.710. The third-order valence-corrected chi connectivity index (χ3v) is 5.26. The molecule has 0 aliphatic rings. The lowest BCUT2D eigenvalue weighted by Crippen LogP contribution is -2.28. The number of benzene rings is 1. The molecule has 0 atom stereocenters. The van der Waals surface area contributed by atoms with E-state index in [1.807, 2.05) is 7.05 Å². The van der Waals surface area contributed by atoms with E-state index in [-0.39, 0.29) is 0 Å². The Morgan fingerprint density at radius 2 is 2.00 bits per heavy atom. The molecule has 0 fully saturated rings. The van der Waals surface area contributed by atoms with Gasteiger partial charge in [0.2, 0.25) is 10.0 Å². The van der Waals surface area contributed by atoms with E-state index in [4.69, 9.17) is 4.74 Å². The lowest BCUT2D eigenvalue weighted by Gasteiger charge is -2.18. The van der Waals surface area contributed by atoms with Crippen molar-refractivity contribution in [2.45, 2.75) is 37.6 Å². The summed E-state index contributed by atoms with van der Waals surface area (Å²) in [5.74, 6) is 0.692. The Labute approximate surface area is 128 Å². The van der Waals surface area contributed by atoms with Gasteiger partial charge < -0.3 is 10.1 Å². The van der Waals surface area contributed by atoms with Crippen molar-refractivity contribution in [1.82, 2.24) is 9.62 Å². The van der Waals surface area contributed by atoms with Gasteiger partial charge in [-0.2, -0.15) is 0 Å². The van der Waals surface area contributed by atoms with Crippen molar-refractivity contribution in [3.63, 3.8) is 0 Å². The van der Waals surface area contributed by atoms with Crippen LogP contribution < -0.4 is 10.1 Å². The van der Waals surface area contributed by atoms with Gasteiger partial charge in [-0.15, -0.1) is 0 Å². The van der Waals surface area contributed by atoms with E-state index in [1.165, 1.54) is 4.31 Å². The lowest BCUT2D eigenvalue weighted by molar-refractivity contribution is 0.407. The second-order valence-electron chi connectivity index (χ2n) is 5.04. The van der Waals surface area contributed by atoms with E-state index < -0.39 is 10.0 Å². The predicted octanol–water partition coefficient (Wildman–Crippen LogP) is 2.23. The number of methoxy groups -OCH3 is 1. The van der Waals surface area contributed by atoms with Gasteiger partial charge in [0, 0.05) is 25.7 Å². The average molecular weight is 314 g/mol. The molecule has 1 aromatic rings. The van der Waals surface area contributed by atoms with Crippen LogP contribution in [0, 0.1) is 0 Å². The van der Waals surface area contributed by atoms with Crippen molar-refractivity contribution in [1.29, 1.82) is 0 Å². The highest BCUT2D eigenvalue weighted by Gasteiger charge is 2.21. The SMILES string of the molecule is CCCCCN(C)S(=O)(=O)c1ccc(OC)c(CNC)c1. The van der Waals surface area contributed by atoms with Crippen molar-refractivity contribution < 1.29 is 13.2 Å². The molecule has 0 radical (unpaired) electrons. The summed E-state index contributed by atoms with van der Waals surface area (Å²) >= 11 is 0. The van der Waals surface area contributed by atoms with Crippen LogP contribution in [0.5, 0.6) is 5.75 Å². The summed E-state index contributed by atoms with van der Waals surface area (Å²) in [4.78, 5) is 0.313. The summed E-state index contributed by atoms with van der Waals surface area (Å²) in [6.45, 7) is 3.21. The van der Waals surface area contributed by atoms with Crippen LogP contribution in [0.25, 0.3) is 0 Å². The molecule has 0 unspecified atom stereocenters. The maximum Gasteiger partial charge on any atom is 0.242 e. The normalized spacial score (nSPS) is 11.9. The lowest BCUT2D eigenvalue weighted by atomic mass is 10.2. The van der Waals surface area contributed by atoms with Gasteiger partial charge in [-0.1, -0.05) is 19.8 Å². The highest BCUT2D eigenvalue weighted by Crippen LogP contribution is 2.24. The third kappa shape index (κ3) is 4.69. The average Bonchev–Trinajstić information content (AvgIpc) is 2.47. The minimum Gasteiger partial charge on any atom is -0.496 e. The molecule has 6 heteroatoms. The van der Waals surface area contributed by atoms with Crippen LogP contribution in [0.15, 0.2) is 23.1 Å². The molecule has 5 nitrogen and oxygen atoms in total. The number of hydrogen-bond donors (Lipinski definition) is 1. The largest absolute Gasteiger partial charge is 0.496 e. The van der Waals surface area contributed by atoms with Crippen LogP contribution in [0.4, 0.5) is 0 Å². The summed E-state index contributed by atoms with van der Waals surface area (Å²) in [5.41, 5.74) is 0.836. The fourth-order valence-electron chi connectivity index (χ4n) is 2.13. The third-order valence-electron chi connectivity index (χ3n) is 3.40. The van der Waals surface area contributed by atoms with Crippen LogP contribution in [0.1, 0.15) is 31.7 Å². The van der Waals surface area contributed by atoms with Crippen LogP contribution in [0.2, 0.25) is 0 Å². The molecular weight excluding hydrogens is 288 g/mol. The summed E-state index contributed by atoms with van der Waals surface area (Å²) < 4.78 is 31.8. The number of unbranched alkanes of at least 4 members (excludes halogenated alkanes) is 2. The zero-order valence-corrected chi connectivity index (χ0v) is 14.2. The maximum absolute atomic E-state index is 12.5. The van der Waals surface area contributed by atoms with E-state index in [0.717, 1.165) is 24.8 Å². The fraction of sp³-hybridized carbons (Fsp3) is 0.600. The summed E-state index contributed by atoms with van der Waals surface area (Å²) in [5, 5.41) is 3.02. The van der Waals surface area contributed by atoms with Gasteiger partial charge in [0.25, 0.3) is 0 Å². The van der Waals surface area contributed by atoms with Crippen LogP contribution in [-0.4, -0.2) is 40.5 Å². The van der Waals surface area contributed by atoms with Crippen LogP contribution in [-0.2, 0) is 16.6 Å². The molecule has 21 heavy (non-hydrogen) atoms. The molecular formula is C15H26N2O3S. The standard InChI is InChI=1S/C15H26N2O3S/c1-5-6-7-10-17(3)21(18,19)14-8-9-15(20-4)13(11-14)12-16-2/h8-9,11,16H,5-7,10,12H2,1-4H3. The van der Waals surface area contributed by atoms with Crippen LogP contribution in [0.3, 0.4) is 0 Å². The van der Waals surface area contributed by atoms with Crippen molar-refractivity contribution >= 4 is 10.0 Å². The Balaban J connectivity index is 2.99. The highest BCUT2D eigenvalue weighted by molar-refractivity contribution is 7.89. The Morgan fingerprint density at radius 1 is 1.29 bits per heavy atom. The zero-order chi connectivity index (χ0) is 15.9. The first kappa shape index (κ1) is 17.9. The minimum absolute atomic E-state index is 0.313. The smallest absolute Gasteiger partial charge is 0.242 e. The molecule has 0 saturated heterocycles. The Hall–Kier alpha value is -1.11. The van der Waals surface area contributed by atoms with Gasteiger partial charge in [-0.3, -0.25) is 0 Å². The van der Waals surface area contributed by atoms with Gasteiger partial charge >= 0.3 is 0 Å². The van der Waals surface area contributed by atoms with Crippen molar-refractivity contribution in [3.8, 4) is 5.75 Å². The first-order chi connectivity index (χ1) is 9.97. The number of nitrogens with zero attached hydrogens (tertiary/aromatic N) is 1. The molecule has 0 amide bonds. The molecule has 1 rings (SSSR count). The second-order valence-corrected chi connectivity index (χ2v) is 7.08. The first-order valence-corrected chi connectivity index (χ1v) is 8.69. The summed E-state index contributed by atoms with van der Waals surface area (Å²) in [6.07, 6.45) is 2.99. The van der Waals surface area contributed by atoms with Gasteiger partial charge in [-0.25, -0.2) is 12.7 Å². The molecule has 0 heterocycles. The fourth-order valence-corrected chi connectivity index (χ4v) is 3.39. The zero-order valence-electron chi connectivity index (χ0n) is 13.3. The number of sulfonamides is 1. The molecule has 1 N–H and O–H groups in total. The number of ether oxygens (including phenoxy) is 1. The molecule has 0 aliphatic carbocycles. The molecule has 120 valence electrons. The Morgan fingerprint density at radius 3 is 2.57 bits per heavy atom. The predicted molar refractivity (Wildman–Crippen MR) is 85.1 cm³/mol. The highest BCUT2D eigenvalue weighted by atomic mass is 32.2. The van der Waals surface area contributed by atoms with Gasteiger partial charge in [0.1, 0.15) is 5.75 Å². The van der Waals surface area contributed by atoms with Gasteiger partial charge in [-0.05, 0) is 31.7 Å². The number of rotatable bonds is 9.